The molecular formula is C5H14Cl2N2O2S. The third kappa shape index (κ3) is 10.3. The molecule has 0 aliphatic carbocycles. The van der Waals surface area contributed by atoms with Gasteiger partial charge in [-0.2, -0.15) is 0 Å². The van der Waals surface area contributed by atoms with Crippen molar-refractivity contribution in [1.82, 2.24) is 0 Å². The molecule has 0 aliphatic rings. The average Bonchev–Trinajstić information content (AvgIpc) is 1.88. The summed E-state index contributed by atoms with van der Waals surface area (Å²) in [6.07, 6.45) is 0. The van der Waals surface area contributed by atoms with Gasteiger partial charge in [0.2, 0.25) is 0 Å². The van der Waals surface area contributed by atoms with Crippen LogP contribution in [-0.2, 0) is 4.79 Å². The van der Waals surface area contributed by atoms with Gasteiger partial charge in [0, 0.05) is 5.75 Å². The minimum absolute atomic E-state index is 0. The zero-order valence-corrected chi connectivity index (χ0v) is 8.96. The zero-order chi connectivity index (χ0) is 7.98. The van der Waals surface area contributed by atoms with E-state index in [9.17, 15) is 4.79 Å². The Morgan fingerprint density at radius 1 is 1.50 bits per heavy atom. The molecule has 0 aromatic carbocycles. The van der Waals surface area contributed by atoms with Crippen LogP contribution in [0.4, 0.5) is 0 Å². The van der Waals surface area contributed by atoms with Crippen LogP contribution in [0.5, 0.6) is 0 Å². The molecule has 0 rings (SSSR count). The van der Waals surface area contributed by atoms with Gasteiger partial charge in [-0.1, -0.05) is 0 Å². The highest BCUT2D eigenvalue weighted by molar-refractivity contribution is 7.99. The van der Waals surface area contributed by atoms with Crippen molar-refractivity contribution in [1.29, 1.82) is 0 Å². The highest BCUT2D eigenvalue weighted by Crippen LogP contribution is 1.97. The van der Waals surface area contributed by atoms with Gasteiger partial charge in [-0.15, -0.1) is 11.8 Å². The van der Waals surface area contributed by atoms with E-state index in [-0.39, 0.29) is 24.8 Å². The molecule has 0 heterocycles. The van der Waals surface area contributed by atoms with Crippen LogP contribution in [0.1, 0.15) is 0 Å². The smallest absolute Gasteiger partial charge is 0.363 e. The summed E-state index contributed by atoms with van der Waals surface area (Å²) in [6, 6.07) is -0.475. The van der Waals surface area contributed by atoms with Crippen molar-refractivity contribution in [2.45, 2.75) is 6.04 Å². The lowest BCUT2D eigenvalue weighted by Gasteiger charge is -1.99. The Labute approximate surface area is 88.3 Å². The number of aliphatic carboxylic acids is 1. The summed E-state index contributed by atoms with van der Waals surface area (Å²) in [5, 5.41) is 8.39. The van der Waals surface area contributed by atoms with Gasteiger partial charge in [0.05, 0.1) is 12.3 Å². The van der Waals surface area contributed by atoms with Gasteiger partial charge in [0.1, 0.15) is 0 Å². The van der Waals surface area contributed by atoms with Crippen molar-refractivity contribution in [2.24, 2.45) is 0 Å². The lowest BCUT2D eigenvalue weighted by Crippen LogP contribution is -3.00. The number of hydrogen-bond donors (Lipinski definition) is 3. The predicted molar refractivity (Wildman–Crippen MR) is 39.4 cm³/mol. The number of halogens is 2. The number of quaternary nitrogens is 2. The quantitative estimate of drug-likeness (QED) is 0.415. The summed E-state index contributed by atoms with van der Waals surface area (Å²) in [4.78, 5) is 10.2. The van der Waals surface area contributed by atoms with Crippen LogP contribution in [0.3, 0.4) is 0 Å². The molecule has 0 saturated carbocycles. The summed E-state index contributed by atoms with van der Waals surface area (Å²) < 4.78 is 0. The Kier molecular flexibility index (Phi) is 17.1. The molecule has 1 unspecified atom stereocenters. The van der Waals surface area contributed by atoms with Crippen LogP contribution in [0, 0.1) is 0 Å². The fourth-order valence-electron chi connectivity index (χ4n) is 0.399. The second-order valence-corrected chi connectivity index (χ2v) is 3.11. The molecule has 0 aromatic heterocycles. The number of carbonyl (C=O) groups is 1. The highest BCUT2D eigenvalue weighted by atomic mass is 35.5. The molecule has 0 saturated heterocycles. The summed E-state index contributed by atoms with van der Waals surface area (Å²) in [5.41, 5.74) is 7.11. The van der Waals surface area contributed by atoms with E-state index in [1.54, 1.807) is 11.8 Å². The maximum Gasteiger partial charge on any atom is 0.363 e. The molecule has 0 bridgehead atoms. The molecule has 12 heavy (non-hydrogen) atoms. The van der Waals surface area contributed by atoms with Crippen LogP contribution in [0.15, 0.2) is 0 Å². The van der Waals surface area contributed by atoms with Gasteiger partial charge < -0.3 is 41.4 Å². The van der Waals surface area contributed by atoms with Crippen molar-refractivity contribution >= 4 is 17.7 Å². The molecule has 1 atom stereocenters. The van der Waals surface area contributed by atoms with E-state index >= 15 is 0 Å². The Morgan fingerprint density at radius 3 is 2.33 bits per heavy atom. The monoisotopic (exact) mass is 236 g/mol. The standard InChI is InChI=1S/C5H12N2O2S.2ClH/c6-1-2-10-3-4(7)5(8)9;;/h4H,1-3,6-7H2,(H,8,9);2*1H. The highest BCUT2D eigenvalue weighted by Gasteiger charge is 2.14. The van der Waals surface area contributed by atoms with E-state index in [0.29, 0.717) is 5.75 Å². The molecule has 0 spiro atoms. The van der Waals surface area contributed by atoms with E-state index in [2.05, 4.69) is 11.5 Å². The minimum atomic E-state index is -0.823. The van der Waals surface area contributed by atoms with Crippen molar-refractivity contribution in [3.8, 4) is 0 Å². The first-order chi connectivity index (χ1) is 4.68. The fourth-order valence-corrected chi connectivity index (χ4v) is 1.20. The van der Waals surface area contributed by atoms with E-state index in [4.69, 9.17) is 5.11 Å². The van der Waals surface area contributed by atoms with Gasteiger partial charge in [-0.25, -0.2) is 4.79 Å². The maximum atomic E-state index is 10.2. The van der Waals surface area contributed by atoms with Crippen LogP contribution in [-0.4, -0.2) is 35.2 Å². The first kappa shape index (κ1) is 18.2. The molecule has 4 nitrogen and oxygen atoms in total. The Morgan fingerprint density at radius 2 is 2.00 bits per heavy atom. The molecule has 76 valence electrons. The van der Waals surface area contributed by atoms with Gasteiger partial charge in [0.25, 0.3) is 0 Å². The summed E-state index contributed by atoms with van der Waals surface area (Å²) >= 11 is 1.58. The molecule has 0 amide bonds. The molecule has 0 aliphatic heterocycles. The molecule has 0 fully saturated rings. The van der Waals surface area contributed by atoms with Gasteiger partial charge in [-0.05, 0) is 0 Å². The molecule has 0 aromatic rings. The van der Waals surface area contributed by atoms with Gasteiger partial charge in [-0.3, -0.25) is 0 Å². The first-order valence-corrected chi connectivity index (χ1v) is 4.26. The Balaban J connectivity index is -0.000000405. The number of carboxylic acids is 1. The average molecular weight is 237 g/mol. The predicted octanol–water partition coefficient (Wildman–Crippen LogP) is -8.34. The van der Waals surface area contributed by atoms with Gasteiger partial charge >= 0.3 is 5.97 Å². The van der Waals surface area contributed by atoms with E-state index in [1.165, 1.54) is 0 Å². The minimum Gasteiger partial charge on any atom is -1.00 e. The maximum absolute atomic E-state index is 10.2. The second-order valence-electron chi connectivity index (χ2n) is 1.96. The van der Waals surface area contributed by atoms with Crippen molar-refractivity contribution in [3.63, 3.8) is 0 Å². The van der Waals surface area contributed by atoms with Crippen molar-refractivity contribution in [3.05, 3.63) is 0 Å². The molecule has 0 radical (unpaired) electrons. The fraction of sp³-hybridized carbons (Fsp3) is 0.800. The van der Waals surface area contributed by atoms with Crippen LogP contribution in [0.25, 0.3) is 0 Å². The first-order valence-electron chi connectivity index (χ1n) is 3.11. The number of thioether (sulfide) groups is 1. The second kappa shape index (κ2) is 11.3. The molecular weight excluding hydrogens is 223 g/mol. The Hall–Kier alpha value is 0.320. The zero-order valence-electron chi connectivity index (χ0n) is 6.63. The lowest BCUT2D eigenvalue weighted by atomic mass is 10.4. The van der Waals surface area contributed by atoms with Crippen LogP contribution in [0.2, 0.25) is 0 Å². The SMILES string of the molecule is [Cl-].[Cl-].[NH3+]CCSCC([NH3+])C(=O)O. The number of carboxylic acid groups (broad SMARTS) is 1. The summed E-state index contributed by atoms with van der Waals surface area (Å²) in [7, 11) is 0. The normalized spacial score (nSPS) is 10.8. The molecule has 7 heteroatoms. The van der Waals surface area contributed by atoms with Crippen LogP contribution < -0.4 is 36.3 Å². The van der Waals surface area contributed by atoms with Crippen LogP contribution >= 0.6 is 11.8 Å². The van der Waals surface area contributed by atoms with E-state index in [0.717, 1.165) is 12.3 Å². The number of hydrogen-bond acceptors (Lipinski definition) is 2. The van der Waals surface area contributed by atoms with Crippen molar-refractivity contribution in [2.75, 3.05) is 18.1 Å². The van der Waals surface area contributed by atoms with E-state index in [1.807, 2.05) is 0 Å². The number of rotatable bonds is 5. The molecule has 7 N–H and O–H groups in total. The third-order valence-corrected chi connectivity index (χ3v) is 2.17. The van der Waals surface area contributed by atoms with Crippen molar-refractivity contribution < 1.29 is 46.2 Å². The topological polar surface area (TPSA) is 92.6 Å². The summed E-state index contributed by atoms with van der Waals surface area (Å²) in [6.45, 7) is 0.844. The van der Waals surface area contributed by atoms with Gasteiger partial charge in [0.15, 0.2) is 6.04 Å². The van der Waals surface area contributed by atoms with E-state index < -0.39 is 12.0 Å². The Bertz CT molecular complexity index is 118. The lowest BCUT2D eigenvalue weighted by molar-refractivity contribution is -0.400. The summed E-state index contributed by atoms with van der Waals surface area (Å²) in [5.74, 6) is 0.681. The third-order valence-electron chi connectivity index (χ3n) is 0.957. The largest absolute Gasteiger partial charge is 1.00 e.